The molecule has 0 amide bonds. The third-order valence-electron chi connectivity index (χ3n) is 5.72. The third kappa shape index (κ3) is 7.44. The van der Waals surface area contributed by atoms with E-state index >= 15 is 0 Å². The number of halogens is 3. The van der Waals surface area contributed by atoms with Gasteiger partial charge in [-0.15, -0.1) is 0 Å². The number of benzene rings is 2. The minimum absolute atomic E-state index is 0.0288. The summed E-state index contributed by atoms with van der Waals surface area (Å²) in [6, 6.07) is 13.6. The Balaban J connectivity index is 2.16. The van der Waals surface area contributed by atoms with Crippen molar-refractivity contribution in [3.05, 3.63) is 93.7 Å². The van der Waals surface area contributed by atoms with E-state index in [0.717, 1.165) is 6.34 Å². The molecule has 1 aromatic heterocycles. The lowest BCUT2D eigenvalue weighted by molar-refractivity contribution is -0.123. The predicted octanol–water partition coefficient (Wildman–Crippen LogP) is 4.96. The van der Waals surface area contributed by atoms with Gasteiger partial charge in [0.1, 0.15) is 18.1 Å². The number of allylic oxidation sites excluding steroid dienone is 1. The maximum atomic E-state index is 13.7. The first-order valence-corrected chi connectivity index (χ1v) is 12.0. The van der Waals surface area contributed by atoms with Crippen LogP contribution in [0.4, 0.5) is 13.2 Å². The van der Waals surface area contributed by atoms with Gasteiger partial charge >= 0.3 is 6.18 Å². The molecule has 4 N–H and O–H groups in total. The van der Waals surface area contributed by atoms with Gasteiger partial charge in [-0.05, 0) is 54.8 Å². The van der Waals surface area contributed by atoms with E-state index < -0.39 is 12.7 Å². The van der Waals surface area contributed by atoms with E-state index in [1.165, 1.54) is 17.9 Å². The summed E-state index contributed by atoms with van der Waals surface area (Å²) in [4.78, 5) is 21.8. The van der Waals surface area contributed by atoms with Gasteiger partial charge < -0.3 is 15.8 Å². The number of aliphatic imine (C=N–C) groups is 2. The molecule has 0 unspecified atom stereocenters. The summed E-state index contributed by atoms with van der Waals surface area (Å²) in [6.07, 6.45) is 1.69. The number of hydrogen-bond donors (Lipinski definition) is 3. The van der Waals surface area contributed by atoms with Gasteiger partial charge in [0.25, 0.3) is 5.56 Å². The molecule has 0 fully saturated rings. The number of ether oxygens (including phenoxy) is 1. The summed E-state index contributed by atoms with van der Waals surface area (Å²) >= 11 is 0. The summed E-state index contributed by atoms with van der Waals surface area (Å²) in [5, 5.41) is 10.3. The largest absolute Gasteiger partial charge is 0.497 e. The predicted molar refractivity (Wildman–Crippen MR) is 148 cm³/mol. The molecule has 39 heavy (non-hydrogen) atoms. The van der Waals surface area contributed by atoms with Crippen LogP contribution in [0.15, 0.2) is 81.4 Å². The lowest BCUT2D eigenvalue weighted by Crippen LogP contribution is -2.27. The number of nitrogens with one attached hydrogen (secondary N) is 2. The molecule has 3 rings (SSSR count). The highest BCUT2D eigenvalue weighted by atomic mass is 19.4. The van der Waals surface area contributed by atoms with Crippen molar-refractivity contribution >= 4 is 18.4 Å². The van der Waals surface area contributed by atoms with Crippen molar-refractivity contribution in [3.63, 3.8) is 0 Å². The van der Waals surface area contributed by atoms with Crippen LogP contribution in [-0.2, 0) is 0 Å². The average molecular weight is 539 g/mol. The maximum Gasteiger partial charge on any atom is 0.405 e. The van der Waals surface area contributed by atoms with Gasteiger partial charge in [-0.25, -0.2) is 9.98 Å². The molecule has 204 valence electrons. The van der Waals surface area contributed by atoms with Crippen LogP contribution in [-0.4, -0.2) is 42.8 Å². The van der Waals surface area contributed by atoms with Crippen LogP contribution < -0.4 is 21.3 Å². The Kier molecular flexibility index (Phi) is 9.43. The molecule has 1 heterocycles. The van der Waals surface area contributed by atoms with Crippen molar-refractivity contribution in [2.75, 3.05) is 13.7 Å². The number of rotatable bonds is 9. The Morgan fingerprint density at radius 3 is 2.36 bits per heavy atom. The minimum atomic E-state index is -4.40. The zero-order valence-corrected chi connectivity index (χ0v) is 21.7. The van der Waals surface area contributed by atoms with Crippen LogP contribution >= 0.6 is 0 Å². The smallest absolute Gasteiger partial charge is 0.405 e. The molecule has 3 aromatic rings. The first-order chi connectivity index (χ1) is 18.6. The minimum Gasteiger partial charge on any atom is -0.497 e. The van der Waals surface area contributed by atoms with Crippen LogP contribution in [0.3, 0.4) is 0 Å². The Morgan fingerprint density at radius 2 is 1.79 bits per heavy atom. The molecule has 0 aliphatic heterocycles. The fraction of sp³-hybridized carbons (Fsp3) is 0.214. The number of amidine groups is 1. The first-order valence-electron chi connectivity index (χ1n) is 12.0. The standard InChI is InChI=1S/C28H29F3N6O2/c1-4-5-24(35-16-28(29,30)31)34-14-21-15-37(22-10-12-23(39-3)13-11-22)27(38)25(18(21)2)19-6-8-20(9-7-19)26(33)36-17-32/h5-15,17,35H,4,16H2,1-3H3,(H3,32,33,36)/b24-5-,34-14-. The zero-order valence-electron chi connectivity index (χ0n) is 21.7. The molecule has 0 radical (unpaired) electrons. The average Bonchev–Trinajstić information content (AvgIpc) is 2.91. The van der Waals surface area contributed by atoms with E-state index in [9.17, 15) is 18.0 Å². The number of pyridine rings is 1. The lowest BCUT2D eigenvalue weighted by Gasteiger charge is -2.15. The molecule has 2 aromatic carbocycles. The second-order valence-corrected chi connectivity index (χ2v) is 8.39. The number of aromatic nitrogens is 1. The molecule has 0 atom stereocenters. The molecule has 0 aliphatic rings. The van der Waals surface area contributed by atoms with E-state index in [4.69, 9.17) is 15.9 Å². The number of methoxy groups -OCH3 is 1. The Hall–Kier alpha value is -4.67. The fourth-order valence-electron chi connectivity index (χ4n) is 3.76. The Morgan fingerprint density at radius 1 is 1.13 bits per heavy atom. The van der Waals surface area contributed by atoms with Crippen molar-refractivity contribution in [2.45, 2.75) is 26.4 Å². The highest BCUT2D eigenvalue weighted by Gasteiger charge is 2.26. The summed E-state index contributed by atoms with van der Waals surface area (Å²) in [6.45, 7) is 2.32. The van der Waals surface area contributed by atoms with Gasteiger partial charge in [-0.2, -0.15) is 13.2 Å². The van der Waals surface area contributed by atoms with Crippen molar-refractivity contribution in [1.29, 1.82) is 5.41 Å². The molecule has 0 saturated carbocycles. The summed E-state index contributed by atoms with van der Waals surface area (Å²) < 4.78 is 45.0. The Labute approximate surface area is 223 Å². The van der Waals surface area contributed by atoms with Crippen molar-refractivity contribution in [1.82, 2.24) is 9.88 Å². The van der Waals surface area contributed by atoms with Gasteiger partial charge in [0.05, 0.1) is 19.0 Å². The number of nitrogens with two attached hydrogens (primary N) is 1. The van der Waals surface area contributed by atoms with Crippen LogP contribution in [0.5, 0.6) is 5.75 Å². The fourth-order valence-corrected chi connectivity index (χ4v) is 3.76. The van der Waals surface area contributed by atoms with Gasteiger partial charge in [0.2, 0.25) is 0 Å². The van der Waals surface area contributed by atoms with Crippen LogP contribution in [0.1, 0.15) is 30.0 Å². The van der Waals surface area contributed by atoms with Crippen LogP contribution in [0, 0.1) is 12.3 Å². The van der Waals surface area contributed by atoms with E-state index in [1.54, 1.807) is 74.7 Å². The maximum absolute atomic E-state index is 13.7. The van der Waals surface area contributed by atoms with Crippen LogP contribution in [0.2, 0.25) is 0 Å². The highest BCUT2D eigenvalue weighted by molar-refractivity contribution is 6.00. The molecular weight excluding hydrogens is 509 g/mol. The monoisotopic (exact) mass is 538 g/mol. The second kappa shape index (κ2) is 12.7. The number of nitrogens with zero attached hydrogens (tertiary/aromatic N) is 3. The molecule has 0 aliphatic carbocycles. The number of hydrogen-bond acceptors (Lipinski definition) is 5. The van der Waals surface area contributed by atoms with Crippen molar-refractivity contribution in [2.24, 2.45) is 15.7 Å². The summed E-state index contributed by atoms with van der Waals surface area (Å²) in [5.41, 5.74) is 8.12. The highest BCUT2D eigenvalue weighted by Crippen LogP contribution is 2.24. The van der Waals surface area contributed by atoms with Crippen molar-refractivity contribution < 1.29 is 17.9 Å². The third-order valence-corrected chi connectivity index (χ3v) is 5.72. The first kappa shape index (κ1) is 28.9. The molecule has 0 spiro atoms. The van der Waals surface area contributed by atoms with Gasteiger partial charge in [0.15, 0.2) is 5.84 Å². The topological polar surface area (TPSA) is 118 Å². The quantitative estimate of drug-likeness (QED) is 0.264. The molecule has 8 nitrogen and oxygen atoms in total. The zero-order chi connectivity index (χ0) is 28.6. The summed E-state index contributed by atoms with van der Waals surface area (Å²) in [7, 11) is 1.54. The molecule has 11 heteroatoms. The van der Waals surface area contributed by atoms with Gasteiger partial charge in [-0.3, -0.25) is 14.8 Å². The van der Waals surface area contributed by atoms with Crippen LogP contribution in [0.25, 0.3) is 16.8 Å². The van der Waals surface area contributed by atoms with E-state index in [2.05, 4.69) is 15.3 Å². The molecule has 0 bridgehead atoms. The van der Waals surface area contributed by atoms with E-state index in [-0.39, 0.29) is 17.2 Å². The second-order valence-electron chi connectivity index (χ2n) is 8.39. The normalized spacial score (nSPS) is 12.3. The molecule has 0 saturated heterocycles. The van der Waals surface area contributed by atoms with Crippen molar-refractivity contribution in [3.8, 4) is 22.6 Å². The van der Waals surface area contributed by atoms with E-state index in [1.807, 2.05) is 0 Å². The Bertz CT molecular complexity index is 1450. The summed E-state index contributed by atoms with van der Waals surface area (Å²) in [5.74, 6) is 0.657. The SMILES string of the molecule is CC/C=C(/N=C\c1cn(-c2ccc(OC)cc2)c(=O)c(-c2ccc(C(=N)/N=C\N)cc2)c1C)NCC(F)(F)F. The van der Waals surface area contributed by atoms with Gasteiger partial charge in [-0.1, -0.05) is 31.2 Å². The number of alkyl halides is 3. The van der Waals surface area contributed by atoms with Gasteiger partial charge in [0, 0.05) is 29.2 Å². The van der Waals surface area contributed by atoms with E-state index in [0.29, 0.717) is 45.7 Å². The molecular formula is C28H29F3N6O2. The lowest BCUT2D eigenvalue weighted by atomic mass is 9.97.